The van der Waals surface area contributed by atoms with Crippen LogP contribution in [0.15, 0.2) is 30.6 Å². The maximum absolute atomic E-state index is 13.1. The lowest BCUT2D eigenvalue weighted by molar-refractivity contribution is 0.0692. The minimum atomic E-state index is -1.09. The Morgan fingerprint density at radius 1 is 1.33 bits per heavy atom. The molecule has 2 aromatic heterocycles. The van der Waals surface area contributed by atoms with Crippen molar-refractivity contribution < 1.29 is 14.3 Å². The molecule has 0 aliphatic heterocycles. The van der Waals surface area contributed by atoms with E-state index in [1.807, 2.05) is 0 Å². The van der Waals surface area contributed by atoms with Crippen molar-refractivity contribution in [2.45, 2.75) is 0 Å². The fraction of sp³-hybridized carbons (Fsp3) is 0. The molecule has 0 fully saturated rings. The molecule has 3 aromatic rings. The van der Waals surface area contributed by atoms with E-state index in [-0.39, 0.29) is 11.5 Å². The van der Waals surface area contributed by atoms with Crippen LogP contribution in [-0.2, 0) is 0 Å². The van der Waals surface area contributed by atoms with Crippen LogP contribution in [-0.4, -0.2) is 26.0 Å². The van der Waals surface area contributed by atoms with Gasteiger partial charge in [-0.3, -0.25) is 0 Å². The Morgan fingerprint density at radius 2 is 2.17 bits per heavy atom. The largest absolute Gasteiger partial charge is 0.477 e. The first kappa shape index (κ1) is 10.5. The van der Waals surface area contributed by atoms with Crippen molar-refractivity contribution in [1.82, 2.24) is 15.0 Å². The third-order valence-corrected chi connectivity index (χ3v) is 2.69. The number of fused-ring (bicyclic) bond motifs is 1. The van der Waals surface area contributed by atoms with E-state index in [1.54, 1.807) is 12.1 Å². The van der Waals surface area contributed by atoms with Crippen molar-refractivity contribution in [3.05, 3.63) is 42.1 Å². The molecule has 0 saturated heterocycles. The predicted octanol–water partition coefficient (Wildman–Crippen LogP) is 2.40. The topological polar surface area (TPSA) is 81.8 Å². The van der Waals surface area contributed by atoms with Crippen LogP contribution in [0.4, 0.5) is 4.39 Å². The SMILES string of the molecule is O=C(O)c1[nH]cnc1-c1cc2cc(F)ccc2[nH]1. The van der Waals surface area contributed by atoms with Gasteiger partial charge >= 0.3 is 5.97 Å². The summed E-state index contributed by atoms with van der Waals surface area (Å²) in [5.41, 5.74) is 1.57. The van der Waals surface area contributed by atoms with Crippen molar-refractivity contribution in [1.29, 1.82) is 0 Å². The summed E-state index contributed by atoms with van der Waals surface area (Å²) in [4.78, 5) is 20.5. The van der Waals surface area contributed by atoms with Gasteiger partial charge in [0.25, 0.3) is 0 Å². The Bertz CT molecular complexity index is 745. The number of aromatic nitrogens is 3. The summed E-state index contributed by atoms with van der Waals surface area (Å²) >= 11 is 0. The highest BCUT2D eigenvalue weighted by Crippen LogP contribution is 2.25. The summed E-state index contributed by atoms with van der Waals surface area (Å²) in [6.07, 6.45) is 1.31. The highest BCUT2D eigenvalue weighted by atomic mass is 19.1. The van der Waals surface area contributed by atoms with E-state index in [0.29, 0.717) is 16.8 Å². The normalized spacial score (nSPS) is 10.9. The molecular formula is C12H8FN3O2. The maximum atomic E-state index is 13.1. The molecule has 0 amide bonds. The van der Waals surface area contributed by atoms with Gasteiger partial charge in [-0.25, -0.2) is 14.2 Å². The van der Waals surface area contributed by atoms with E-state index < -0.39 is 5.97 Å². The van der Waals surface area contributed by atoms with Gasteiger partial charge in [0.2, 0.25) is 0 Å². The quantitative estimate of drug-likeness (QED) is 0.648. The van der Waals surface area contributed by atoms with E-state index in [1.165, 1.54) is 18.5 Å². The second-order valence-electron chi connectivity index (χ2n) is 3.85. The summed E-state index contributed by atoms with van der Waals surface area (Å²) < 4.78 is 13.1. The van der Waals surface area contributed by atoms with Gasteiger partial charge in [0.05, 0.1) is 12.0 Å². The zero-order valence-electron chi connectivity index (χ0n) is 9.07. The third kappa shape index (κ3) is 1.55. The summed E-state index contributed by atoms with van der Waals surface area (Å²) in [5, 5.41) is 9.66. The number of carboxylic acids is 1. The molecule has 6 heteroatoms. The van der Waals surface area contributed by atoms with Gasteiger partial charge in [-0.1, -0.05) is 0 Å². The molecule has 90 valence electrons. The van der Waals surface area contributed by atoms with E-state index >= 15 is 0 Å². The number of rotatable bonds is 2. The van der Waals surface area contributed by atoms with Crippen LogP contribution in [0.5, 0.6) is 0 Å². The minimum Gasteiger partial charge on any atom is -0.477 e. The Hall–Kier alpha value is -2.63. The number of hydrogen-bond donors (Lipinski definition) is 3. The molecule has 3 N–H and O–H groups in total. The molecule has 2 heterocycles. The van der Waals surface area contributed by atoms with Crippen LogP contribution in [0, 0.1) is 5.82 Å². The molecule has 3 rings (SSSR count). The summed E-state index contributed by atoms with van der Waals surface area (Å²) in [6, 6.07) is 5.98. The molecule has 0 aliphatic carbocycles. The van der Waals surface area contributed by atoms with E-state index in [0.717, 1.165) is 5.52 Å². The fourth-order valence-corrected chi connectivity index (χ4v) is 1.89. The first-order chi connectivity index (χ1) is 8.65. The third-order valence-electron chi connectivity index (χ3n) is 2.69. The molecule has 0 unspecified atom stereocenters. The molecule has 0 radical (unpaired) electrons. The lowest BCUT2D eigenvalue weighted by atomic mass is 10.2. The average molecular weight is 245 g/mol. The monoisotopic (exact) mass is 245 g/mol. The minimum absolute atomic E-state index is 0.00188. The van der Waals surface area contributed by atoms with Crippen molar-refractivity contribution in [2.75, 3.05) is 0 Å². The first-order valence-corrected chi connectivity index (χ1v) is 5.20. The number of H-pyrrole nitrogens is 2. The number of carbonyl (C=O) groups is 1. The highest BCUT2D eigenvalue weighted by molar-refractivity contribution is 5.94. The van der Waals surface area contributed by atoms with Crippen molar-refractivity contribution in [3.63, 3.8) is 0 Å². The molecule has 0 atom stereocenters. The number of benzene rings is 1. The molecular weight excluding hydrogens is 237 g/mol. The number of aromatic carboxylic acids is 1. The van der Waals surface area contributed by atoms with Gasteiger partial charge in [0.15, 0.2) is 5.69 Å². The fourth-order valence-electron chi connectivity index (χ4n) is 1.89. The number of halogens is 1. The van der Waals surface area contributed by atoms with Gasteiger partial charge in [0.1, 0.15) is 11.5 Å². The van der Waals surface area contributed by atoms with Crippen LogP contribution >= 0.6 is 0 Å². The van der Waals surface area contributed by atoms with Gasteiger partial charge in [-0.2, -0.15) is 0 Å². The molecule has 1 aromatic carbocycles. The molecule has 0 bridgehead atoms. The van der Waals surface area contributed by atoms with Crippen LogP contribution in [0.3, 0.4) is 0 Å². The van der Waals surface area contributed by atoms with Crippen LogP contribution in [0.2, 0.25) is 0 Å². The van der Waals surface area contributed by atoms with Crippen LogP contribution in [0.1, 0.15) is 10.5 Å². The van der Waals surface area contributed by atoms with Crippen molar-refractivity contribution >= 4 is 16.9 Å². The summed E-state index contributed by atoms with van der Waals surface area (Å²) in [6.45, 7) is 0. The molecule has 5 nitrogen and oxygen atoms in total. The number of hydrogen-bond acceptors (Lipinski definition) is 2. The molecule has 0 saturated carbocycles. The standard InChI is InChI=1S/C12H8FN3O2/c13-7-1-2-8-6(3-7)4-9(16-8)10-11(12(17)18)15-5-14-10/h1-5,16H,(H,14,15)(H,17,18). The van der Waals surface area contributed by atoms with Gasteiger partial charge in [-0.05, 0) is 24.3 Å². The average Bonchev–Trinajstić information content (AvgIpc) is 2.93. The van der Waals surface area contributed by atoms with Gasteiger partial charge in [-0.15, -0.1) is 0 Å². The smallest absolute Gasteiger partial charge is 0.354 e. The second-order valence-corrected chi connectivity index (χ2v) is 3.85. The number of aromatic amines is 2. The number of imidazole rings is 1. The Labute approximate surface area is 100 Å². The zero-order chi connectivity index (χ0) is 12.7. The Balaban J connectivity index is 2.19. The van der Waals surface area contributed by atoms with Crippen molar-refractivity contribution in [3.8, 4) is 11.4 Å². The molecule has 0 aliphatic rings. The second kappa shape index (κ2) is 3.69. The molecule has 18 heavy (non-hydrogen) atoms. The van der Waals surface area contributed by atoms with E-state index in [4.69, 9.17) is 5.11 Å². The highest BCUT2D eigenvalue weighted by Gasteiger charge is 2.16. The summed E-state index contributed by atoms with van der Waals surface area (Å²) in [7, 11) is 0. The molecule has 0 spiro atoms. The number of nitrogens with one attached hydrogen (secondary N) is 2. The number of nitrogens with zero attached hydrogens (tertiary/aromatic N) is 1. The lowest BCUT2D eigenvalue weighted by Gasteiger charge is -1.94. The lowest BCUT2D eigenvalue weighted by Crippen LogP contribution is -1.99. The first-order valence-electron chi connectivity index (χ1n) is 5.20. The van der Waals surface area contributed by atoms with Crippen LogP contribution in [0.25, 0.3) is 22.3 Å². The van der Waals surface area contributed by atoms with E-state index in [2.05, 4.69) is 15.0 Å². The van der Waals surface area contributed by atoms with Crippen LogP contribution < -0.4 is 0 Å². The van der Waals surface area contributed by atoms with Gasteiger partial charge in [0, 0.05) is 10.9 Å². The maximum Gasteiger partial charge on any atom is 0.354 e. The van der Waals surface area contributed by atoms with Crippen molar-refractivity contribution in [2.24, 2.45) is 0 Å². The van der Waals surface area contributed by atoms with E-state index in [9.17, 15) is 9.18 Å². The Morgan fingerprint density at radius 3 is 2.94 bits per heavy atom. The Kier molecular flexibility index (Phi) is 2.16. The number of carboxylic acid groups (broad SMARTS) is 1. The van der Waals surface area contributed by atoms with Gasteiger partial charge < -0.3 is 15.1 Å². The zero-order valence-corrected chi connectivity index (χ0v) is 9.07. The predicted molar refractivity (Wildman–Crippen MR) is 62.8 cm³/mol. The summed E-state index contributed by atoms with van der Waals surface area (Å²) in [5.74, 6) is -1.43.